The van der Waals surface area contributed by atoms with Gasteiger partial charge in [-0.15, -0.1) is 11.6 Å². The van der Waals surface area contributed by atoms with Gasteiger partial charge in [-0.25, -0.2) is 4.79 Å². The molecule has 4 atom stereocenters. The van der Waals surface area contributed by atoms with Crippen LogP contribution in [0.3, 0.4) is 0 Å². The molecule has 6 nitrogen and oxygen atoms in total. The molecule has 0 bridgehead atoms. The van der Waals surface area contributed by atoms with Crippen molar-refractivity contribution in [3.05, 3.63) is 72.3 Å². The van der Waals surface area contributed by atoms with Crippen molar-refractivity contribution in [3.63, 3.8) is 0 Å². The number of benzene rings is 2. The quantitative estimate of drug-likeness (QED) is 0.155. The Balaban J connectivity index is 1.54. The second kappa shape index (κ2) is 12.4. The Hall–Kier alpha value is -2.83. The number of allylic oxidation sites excluding steroid dienone is 2. The number of carboxylic acid groups (broad SMARTS) is 1. The molecule has 2 N–H and O–H groups in total. The standard InChI is InChI=1S/C26H29ClO6/c27-23-16-24(28)22(21(23)13-6-1-2-7-14-25(29)30)17-32-19-11-8-12-20(15-19)33-26(31)18-9-4-3-5-10-18/h1,3-6,8-12,15,21-24,28H,2,7,13-14,16-17H2,(H,29,30)/t21-,22?,23-,24-/m1/s1. The lowest BCUT2D eigenvalue weighted by Gasteiger charge is -2.22. The molecule has 1 unspecified atom stereocenters. The third-order valence-corrected chi connectivity index (χ3v) is 6.28. The summed E-state index contributed by atoms with van der Waals surface area (Å²) in [4.78, 5) is 22.9. The molecule has 1 aliphatic rings. The van der Waals surface area contributed by atoms with Crippen LogP contribution in [0.1, 0.15) is 42.5 Å². The fourth-order valence-corrected chi connectivity index (χ4v) is 4.47. The van der Waals surface area contributed by atoms with Crippen molar-refractivity contribution < 1.29 is 29.3 Å². The average molecular weight is 473 g/mol. The van der Waals surface area contributed by atoms with Crippen LogP contribution in [0.4, 0.5) is 0 Å². The molecule has 2 aromatic rings. The third-order valence-electron chi connectivity index (χ3n) is 5.78. The number of ether oxygens (including phenoxy) is 2. The molecule has 1 fully saturated rings. The van der Waals surface area contributed by atoms with Gasteiger partial charge in [-0.3, -0.25) is 4.79 Å². The highest BCUT2D eigenvalue weighted by molar-refractivity contribution is 6.21. The number of alkyl halides is 1. The Morgan fingerprint density at radius 1 is 1.03 bits per heavy atom. The first-order valence-corrected chi connectivity index (χ1v) is 11.6. The van der Waals surface area contributed by atoms with Gasteiger partial charge in [0.2, 0.25) is 0 Å². The molecule has 7 heteroatoms. The normalized spacial score (nSPS) is 22.4. The van der Waals surface area contributed by atoms with Gasteiger partial charge in [-0.1, -0.05) is 36.4 Å². The van der Waals surface area contributed by atoms with Crippen LogP contribution in [0.5, 0.6) is 11.5 Å². The minimum absolute atomic E-state index is 0.0523. The predicted octanol–water partition coefficient (Wildman–Crippen LogP) is 5.09. The molecule has 176 valence electrons. The van der Waals surface area contributed by atoms with Gasteiger partial charge < -0.3 is 19.7 Å². The van der Waals surface area contributed by atoms with Crippen molar-refractivity contribution >= 4 is 23.5 Å². The largest absolute Gasteiger partial charge is 0.493 e. The Kier molecular flexibility index (Phi) is 9.34. The summed E-state index contributed by atoms with van der Waals surface area (Å²) in [5.74, 6) is -0.396. The molecule has 0 amide bonds. The zero-order valence-electron chi connectivity index (χ0n) is 18.3. The number of aliphatic hydroxyl groups excluding tert-OH is 1. The maximum atomic E-state index is 12.3. The number of aliphatic carboxylic acids is 1. The van der Waals surface area contributed by atoms with Crippen molar-refractivity contribution in [2.75, 3.05) is 6.61 Å². The first-order chi connectivity index (χ1) is 15.9. The molecule has 0 heterocycles. The van der Waals surface area contributed by atoms with Gasteiger partial charge in [-0.2, -0.15) is 0 Å². The summed E-state index contributed by atoms with van der Waals surface area (Å²) in [7, 11) is 0. The molecular formula is C26H29ClO6. The van der Waals surface area contributed by atoms with Crippen LogP contribution >= 0.6 is 11.6 Å². The molecule has 0 aromatic heterocycles. The Bertz CT molecular complexity index is 945. The summed E-state index contributed by atoms with van der Waals surface area (Å²) in [6.45, 7) is 0.290. The monoisotopic (exact) mass is 472 g/mol. The lowest BCUT2D eigenvalue weighted by Crippen LogP contribution is -2.27. The van der Waals surface area contributed by atoms with Crippen molar-refractivity contribution in [1.29, 1.82) is 0 Å². The summed E-state index contributed by atoms with van der Waals surface area (Å²) in [5.41, 5.74) is 0.463. The van der Waals surface area contributed by atoms with E-state index in [1.54, 1.807) is 48.5 Å². The lowest BCUT2D eigenvalue weighted by atomic mass is 9.92. The molecule has 0 spiro atoms. The van der Waals surface area contributed by atoms with Crippen molar-refractivity contribution in [2.45, 2.75) is 43.6 Å². The number of aliphatic hydroxyl groups is 1. The minimum atomic E-state index is -0.792. The van der Waals surface area contributed by atoms with Crippen LogP contribution in [0.25, 0.3) is 0 Å². The van der Waals surface area contributed by atoms with E-state index in [9.17, 15) is 14.7 Å². The zero-order chi connectivity index (χ0) is 23.6. The number of hydrogen-bond acceptors (Lipinski definition) is 5. The summed E-state index contributed by atoms with van der Waals surface area (Å²) in [5, 5.41) is 19.0. The minimum Gasteiger partial charge on any atom is -0.493 e. The first kappa shape index (κ1) is 24.8. The highest BCUT2D eigenvalue weighted by atomic mass is 35.5. The second-order valence-corrected chi connectivity index (χ2v) is 8.74. The molecule has 33 heavy (non-hydrogen) atoms. The molecule has 2 aromatic carbocycles. The molecular weight excluding hydrogens is 444 g/mol. The Morgan fingerprint density at radius 3 is 2.55 bits per heavy atom. The second-order valence-electron chi connectivity index (χ2n) is 8.18. The van der Waals surface area contributed by atoms with Crippen molar-refractivity contribution in [1.82, 2.24) is 0 Å². The van der Waals surface area contributed by atoms with E-state index in [0.717, 1.165) is 0 Å². The third kappa shape index (κ3) is 7.62. The van der Waals surface area contributed by atoms with E-state index in [4.69, 9.17) is 26.2 Å². The van der Waals surface area contributed by atoms with Crippen LogP contribution in [-0.2, 0) is 4.79 Å². The maximum Gasteiger partial charge on any atom is 0.343 e. The highest BCUT2D eigenvalue weighted by Crippen LogP contribution is 2.39. The summed E-state index contributed by atoms with van der Waals surface area (Å²) >= 11 is 6.49. The van der Waals surface area contributed by atoms with Gasteiger partial charge in [0.1, 0.15) is 11.5 Å². The number of carboxylic acids is 1. The molecule has 0 aliphatic heterocycles. The highest BCUT2D eigenvalue weighted by Gasteiger charge is 2.41. The number of unbranched alkanes of at least 4 members (excludes halogenated alkanes) is 1. The van der Waals surface area contributed by atoms with Crippen molar-refractivity contribution in [3.8, 4) is 11.5 Å². The fraction of sp³-hybridized carbons (Fsp3) is 0.385. The Labute approximate surface area is 198 Å². The zero-order valence-corrected chi connectivity index (χ0v) is 19.1. The number of hydrogen-bond donors (Lipinski definition) is 2. The summed E-state index contributed by atoms with van der Waals surface area (Å²) in [6, 6.07) is 15.6. The lowest BCUT2D eigenvalue weighted by molar-refractivity contribution is -0.137. The number of esters is 1. The van der Waals surface area contributed by atoms with Crippen LogP contribution in [0.2, 0.25) is 0 Å². The molecule has 3 rings (SSSR count). The van der Waals surface area contributed by atoms with E-state index in [1.165, 1.54) is 0 Å². The number of rotatable bonds is 11. The molecule has 0 saturated heterocycles. The van der Waals surface area contributed by atoms with Gasteiger partial charge in [0.05, 0.1) is 18.3 Å². The van der Waals surface area contributed by atoms with Gasteiger partial charge in [0, 0.05) is 23.8 Å². The average Bonchev–Trinajstić information content (AvgIpc) is 3.07. The molecule has 0 radical (unpaired) electrons. The smallest absolute Gasteiger partial charge is 0.343 e. The van der Waals surface area contributed by atoms with Crippen LogP contribution in [0, 0.1) is 11.8 Å². The van der Waals surface area contributed by atoms with Gasteiger partial charge >= 0.3 is 11.9 Å². The SMILES string of the molecule is O=C(O)CCCC=CC[C@@H]1C(COc2cccc(OC(=O)c3ccccc3)c2)[C@H](O)C[C@H]1Cl. The summed E-state index contributed by atoms with van der Waals surface area (Å²) in [6.07, 6.45) is 6.07. The maximum absolute atomic E-state index is 12.3. The molecule has 1 aliphatic carbocycles. The Morgan fingerprint density at radius 2 is 1.79 bits per heavy atom. The van der Waals surface area contributed by atoms with Gasteiger partial charge in [-0.05, 0) is 55.9 Å². The van der Waals surface area contributed by atoms with E-state index < -0.39 is 18.0 Å². The number of carbonyl (C=O) groups excluding carboxylic acids is 1. The van der Waals surface area contributed by atoms with Crippen molar-refractivity contribution in [2.24, 2.45) is 11.8 Å². The van der Waals surface area contributed by atoms with E-state index in [2.05, 4.69) is 0 Å². The number of carbonyl (C=O) groups is 2. The van der Waals surface area contributed by atoms with Crippen LogP contribution in [-0.4, -0.2) is 40.2 Å². The van der Waals surface area contributed by atoms with E-state index in [-0.39, 0.29) is 30.2 Å². The van der Waals surface area contributed by atoms with Crippen LogP contribution in [0.15, 0.2) is 66.7 Å². The number of halogens is 1. The summed E-state index contributed by atoms with van der Waals surface area (Å²) < 4.78 is 11.4. The van der Waals surface area contributed by atoms with E-state index in [0.29, 0.717) is 42.7 Å². The first-order valence-electron chi connectivity index (χ1n) is 11.1. The van der Waals surface area contributed by atoms with Crippen LogP contribution < -0.4 is 9.47 Å². The molecule has 1 saturated carbocycles. The van der Waals surface area contributed by atoms with Gasteiger partial charge in [0.25, 0.3) is 0 Å². The van der Waals surface area contributed by atoms with E-state index in [1.807, 2.05) is 18.2 Å². The van der Waals surface area contributed by atoms with E-state index >= 15 is 0 Å². The topological polar surface area (TPSA) is 93.1 Å². The predicted molar refractivity (Wildman–Crippen MR) is 126 cm³/mol. The van der Waals surface area contributed by atoms with Gasteiger partial charge in [0.15, 0.2) is 0 Å². The fourth-order valence-electron chi connectivity index (χ4n) is 3.99.